The predicted octanol–water partition coefficient (Wildman–Crippen LogP) is 0.921. The Hall–Kier alpha value is -1.19. The van der Waals surface area contributed by atoms with Crippen LogP contribution in [0.1, 0.15) is 45.4 Å². The van der Waals surface area contributed by atoms with Crippen molar-refractivity contribution in [2.24, 2.45) is 5.41 Å². The Kier molecular flexibility index (Phi) is 7.04. The van der Waals surface area contributed by atoms with E-state index in [9.17, 15) is 23.1 Å². The number of carboxylic acids is 1. The summed E-state index contributed by atoms with van der Waals surface area (Å²) < 4.78 is 31.6. The van der Waals surface area contributed by atoms with E-state index in [1.54, 1.807) is 6.92 Å². The molecule has 0 bridgehead atoms. The van der Waals surface area contributed by atoms with E-state index in [0.717, 1.165) is 12.8 Å². The van der Waals surface area contributed by atoms with E-state index in [-0.39, 0.29) is 24.8 Å². The number of sulfonamides is 1. The molecule has 2 rings (SSSR count). The zero-order valence-corrected chi connectivity index (χ0v) is 16.5. The third-order valence-corrected chi connectivity index (χ3v) is 7.40. The number of ether oxygens (including phenoxy) is 1. The lowest BCUT2D eigenvalue weighted by Crippen LogP contribution is -2.58. The first-order chi connectivity index (χ1) is 12.3. The molecular weight excluding hydrogens is 360 g/mol. The van der Waals surface area contributed by atoms with Crippen molar-refractivity contribution in [2.45, 2.75) is 51.5 Å². The van der Waals surface area contributed by atoms with E-state index < -0.39 is 27.4 Å². The van der Waals surface area contributed by atoms with Crippen molar-refractivity contribution in [3.05, 3.63) is 0 Å². The van der Waals surface area contributed by atoms with Crippen LogP contribution >= 0.6 is 0 Å². The topological polar surface area (TPSA) is 104 Å². The molecule has 26 heavy (non-hydrogen) atoms. The number of carboxylic acid groups (broad SMARTS) is 1. The molecule has 1 amide bonds. The van der Waals surface area contributed by atoms with Crippen LogP contribution in [0.2, 0.25) is 0 Å². The first kappa shape index (κ1) is 21.1. The highest BCUT2D eigenvalue weighted by molar-refractivity contribution is 7.89. The maximum atomic E-state index is 13.1. The van der Waals surface area contributed by atoms with Gasteiger partial charge in [-0.05, 0) is 32.1 Å². The van der Waals surface area contributed by atoms with Crippen LogP contribution in [0.25, 0.3) is 0 Å². The summed E-state index contributed by atoms with van der Waals surface area (Å²) >= 11 is 0. The highest BCUT2D eigenvalue weighted by Gasteiger charge is 2.46. The Morgan fingerprint density at radius 3 is 2.58 bits per heavy atom. The van der Waals surface area contributed by atoms with Crippen LogP contribution in [0, 0.1) is 5.41 Å². The zero-order valence-electron chi connectivity index (χ0n) is 15.6. The average molecular weight is 391 g/mol. The van der Waals surface area contributed by atoms with Gasteiger partial charge in [0, 0.05) is 26.7 Å². The molecule has 0 radical (unpaired) electrons. The lowest BCUT2D eigenvalue weighted by molar-refractivity contribution is -0.160. The molecule has 150 valence electrons. The molecule has 0 aliphatic carbocycles. The minimum Gasteiger partial charge on any atom is -0.481 e. The average Bonchev–Trinajstić information content (AvgIpc) is 2.61. The van der Waals surface area contributed by atoms with E-state index in [4.69, 9.17) is 4.74 Å². The van der Waals surface area contributed by atoms with Crippen molar-refractivity contribution in [1.29, 1.82) is 0 Å². The number of piperidine rings is 2. The SMILES string of the molecule is CCCS(=O)(=O)N1CCCCC1C(=O)N1CCCC(COC)(C(=O)O)C1. The number of rotatable bonds is 7. The number of methoxy groups -OCH3 is 1. The number of carbonyl (C=O) groups is 2. The van der Waals surface area contributed by atoms with Gasteiger partial charge in [0.25, 0.3) is 0 Å². The highest BCUT2D eigenvalue weighted by Crippen LogP contribution is 2.32. The molecular formula is C17H30N2O6S. The van der Waals surface area contributed by atoms with Crippen molar-refractivity contribution >= 4 is 21.9 Å². The van der Waals surface area contributed by atoms with Crippen molar-refractivity contribution in [3.63, 3.8) is 0 Å². The first-order valence-corrected chi connectivity index (χ1v) is 10.9. The first-order valence-electron chi connectivity index (χ1n) is 9.28. The van der Waals surface area contributed by atoms with Crippen LogP contribution < -0.4 is 0 Å². The zero-order chi connectivity index (χ0) is 19.4. The fraction of sp³-hybridized carbons (Fsp3) is 0.882. The third-order valence-electron chi connectivity index (χ3n) is 5.32. The van der Waals surface area contributed by atoms with E-state index in [1.807, 2.05) is 0 Å². The molecule has 2 unspecified atom stereocenters. The largest absolute Gasteiger partial charge is 0.481 e. The van der Waals surface area contributed by atoms with Gasteiger partial charge in [0.2, 0.25) is 15.9 Å². The molecule has 0 aromatic heterocycles. The lowest BCUT2D eigenvalue weighted by atomic mass is 9.80. The normalized spacial score (nSPS) is 28.1. The van der Waals surface area contributed by atoms with Gasteiger partial charge < -0.3 is 14.7 Å². The van der Waals surface area contributed by atoms with E-state index in [2.05, 4.69) is 0 Å². The highest BCUT2D eigenvalue weighted by atomic mass is 32.2. The van der Waals surface area contributed by atoms with Gasteiger partial charge in [0.1, 0.15) is 11.5 Å². The summed E-state index contributed by atoms with van der Waals surface area (Å²) in [5, 5.41) is 9.66. The minimum absolute atomic E-state index is 0.0273. The van der Waals surface area contributed by atoms with Gasteiger partial charge in [-0.15, -0.1) is 0 Å². The van der Waals surface area contributed by atoms with Crippen LogP contribution in [0.4, 0.5) is 0 Å². The standard InChI is InChI=1S/C17H30N2O6S/c1-3-11-26(23,24)19-10-5-4-7-14(19)15(20)18-9-6-8-17(12-18,13-25-2)16(21)22/h14H,3-13H2,1-2H3,(H,21,22). The van der Waals surface area contributed by atoms with Gasteiger partial charge >= 0.3 is 5.97 Å². The van der Waals surface area contributed by atoms with Crippen molar-refractivity contribution in [2.75, 3.05) is 39.1 Å². The molecule has 2 fully saturated rings. The van der Waals surface area contributed by atoms with Crippen LogP contribution in [-0.2, 0) is 24.3 Å². The van der Waals surface area contributed by atoms with Crippen LogP contribution in [0.3, 0.4) is 0 Å². The van der Waals surface area contributed by atoms with Crippen molar-refractivity contribution < 1.29 is 27.9 Å². The molecule has 9 heteroatoms. The smallest absolute Gasteiger partial charge is 0.313 e. The van der Waals surface area contributed by atoms with Crippen molar-refractivity contribution in [3.8, 4) is 0 Å². The molecule has 0 spiro atoms. The van der Waals surface area contributed by atoms with Gasteiger partial charge in [-0.25, -0.2) is 8.42 Å². The quantitative estimate of drug-likeness (QED) is 0.693. The summed E-state index contributed by atoms with van der Waals surface area (Å²) in [6.07, 6.45) is 3.54. The molecule has 0 aromatic rings. The molecule has 2 aliphatic rings. The summed E-state index contributed by atoms with van der Waals surface area (Å²) in [5.74, 6) is -1.22. The maximum Gasteiger partial charge on any atom is 0.313 e. The van der Waals surface area contributed by atoms with Gasteiger partial charge in [0.15, 0.2) is 0 Å². The van der Waals surface area contributed by atoms with Gasteiger partial charge in [-0.2, -0.15) is 4.31 Å². The van der Waals surface area contributed by atoms with E-state index in [0.29, 0.717) is 38.8 Å². The summed E-state index contributed by atoms with van der Waals surface area (Å²) in [6.45, 7) is 2.71. The van der Waals surface area contributed by atoms with Gasteiger partial charge in [0.05, 0.1) is 12.4 Å². The van der Waals surface area contributed by atoms with Crippen molar-refractivity contribution in [1.82, 2.24) is 9.21 Å². The summed E-state index contributed by atoms with van der Waals surface area (Å²) in [6, 6.07) is -0.715. The summed E-state index contributed by atoms with van der Waals surface area (Å²) in [7, 11) is -2.03. The Morgan fingerprint density at radius 1 is 1.23 bits per heavy atom. The minimum atomic E-state index is -3.48. The number of aliphatic carboxylic acids is 1. The number of nitrogens with zero attached hydrogens (tertiary/aromatic N) is 2. The Bertz CT molecular complexity index is 619. The molecule has 2 heterocycles. The molecule has 0 saturated carbocycles. The number of carbonyl (C=O) groups excluding carboxylic acids is 1. The third kappa shape index (κ3) is 4.37. The molecule has 2 saturated heterocycles. The van der Waals surface area contributed by atoms with E-state index in [1.165, 1.54) is 16.3 Å². The lowest BCUT2D eigenvalue weighted by Gasteiger charge is -2.43. The Labute approximate surface area is 155 Å². The molecule has 2 atom stereocenters. The molecule has 2 aliphatic heterocycles. The van der Waals surface area contributed by atoms with E-state index >= 15 is 0 Å². The van der Waals surface area contributed by atoms with Gasteiger partial charge in [-0.1, -0.05) is 13.3 Å². The fourth-order valence-electron chi connectivity index (χ4n) is 4.02. The summed E-state index contributed by atoms with van der Waals surface area (Å²) in [4.78, 5) is 26.4. The number of hydrogen-bond donors (Lipinski definition) is 1. The van der Waals surface area contributed by atoms with Crippen LogP contribution in [-0.4, -0.2) is 79.8 Å². The van der Waals surface area contributed by atoms with Crippen LogP contribution in [0.15, 0.2) is 0 Å². The fourth-order valence-corrected chi connectivity index (χ4v) is 5.76. The second-order valence-corrected chi connectivity index (χ2v) is 9.36. The Balaban J connectivity index is 2.21. The Morgan fingerprint density at radius 2 is 1.96 bits per heavy atom. The summed E-state index contributed by atoms with van der Waals surface area (Å²) in [5.41, 5.74) is -1.12. The molecule has 1 N–H and O–H groups in total. The van der Waals surface area contributed by atoms with Gasteiger partial charge in [-0.3, -0.25) is 9.59 Å². The second-order valence-electron chi connectivity index (χ2n) is 7.32. The maximum absolute atomic E-state index is 13.1. The molecule has 0 aromatic carbocycles. The predicted molar refractivity (Wildman–Crippen MR) is 96.2 cm³/mol. The number of amides is 1. The molecule has 8 nitrogen and oxygen atoms in total. The monoisotopic (exact) mass is 390 g/mol. The second kappa shape index (κ2) is 8.67. The number of likely N-dealkylation sites (tertiary alicyclic amines) is 1. The number of hydrogen-bond acceptors (Lipinski definition) is 5. The van der Waals surface area contributed by atoms with Crippen LogP contribution in [0.5, 0.6) is 0 Å².